The van der Waals surface area contributed by atoms with Gasteiger partial charge in [-0.3, -0.25) is 4.79 Å². The highest BCUT2D eigenvalue weighted by atomic mass is 79.9. The molecule has 1 aromatic carbocycles. The van der Waals surface area contributed by atoms with E-state index in [4.69, 9.17) is 14.0 Å². The molecule has 7 heteroatoms. The van der Waals surface area contributed by atoms with Gasteiger partial charge in [-0.1, -0.05) is 5.16 Å². The van der Waals surface area contributed by atoms with Gasteiger partial charge in [-0.2, -0.15) is 0 Å². The van der Waals surface area contributed by atoms with Gasteiger partial charge in [0.15, 0.2) is 12.4 Å². The number of Topliss-reactive ketones (excluding diaryl/α,β-unsaturated/α-hetero) is 1. The van der Waals surface area contributed by atoms with Crippen LogP contribution >= 0.6 is 15.9 Å². The Kier molecular flexibility index (Phi) is 4.97. The Bertz CT molecular complexity index is 703. The first-order valence-corrected chi connectivity index (χ1v) is 7.20. The molecule has 0 unspecified atom stereocenters. The number of hydrogen-bond acceptors (Lipinski definition) is 6. The Hall–Kier alpha value is -2.15. The third-order valence-corrected chi connectivity index (χ3v) is 3.67. The van der Waals surface area contributed by atoms with Gasteiger partial charge in [0.05, 0.1) is 17.3 Å². The number of esters is 1. The van der Waals surface area contributed by atoms with Crippen LogP contribution in [0.3, 0.4) is 0 Å². The van der Waals surface area contributed by atoms with Crippen LogP contribution < -0.4 is 4.74 Å². The molecule has 0 saturated carbocycles. The molecule has 0 bridgehead atoms. The highest BCUT2D eigenvalue weighted by molar-refractivity contribution is 9.10. The predicted molar refractivity (Wildman–Crippen MR) is 81.3 cm³/mol. The summed E-state index contributed by atoms with van der Waals surface area (Å²) >= 11 is 3.30. The minimum Gasteiger partial charge on any atom is -0.496 e. The summed E-state index contributed by atoms with van der Waals surface area (Å²) in [7, 11) is 1.53. The molecule has 1 heterocycles. The van der Waals surface area contributed by atoms with E-state index in [2.05, 4.69) is 21.1 Å². The van der Waals surface area contributed by atoms with Gasteiger partial charge < -0.3 is 14.0 Å². The van der Waals surface area contributed by atoms with Crippen LogP contribution in [-0.2, 0) is 4.74 Å². The van der Waals surface area contributed by atoms with Gasteiger partial charge >= 0.3 is 5.97 Å². The third-order valence-electron chi connectivity index (χ3n) is 3.05. The summed E-state index contributed by atoms with van der Waals surface area (Å²) < 4.78 is 15.7. The van der Waals surface area contributed by atoms with Crippen LogP contribution in [0.4, 0.5) is 0 Å². The Morgan fingerprint density at radius 3 is 2.59 bits per heavy atom. The summed E-state index contributed by atoms with van der Waals surface area (Å²) in [5.74, 6) is 0.0343. The molecule has 0 amide bonds. The summed E-state index contributed by atoms with van der Waals surface area (Å²) in [6, 6.07) is 4.88. The lowest BCUT2D eigenvalue weighted by atomic mass is 10.1. The van der Waals surface area contributed by atoms with Crippen LogP contribution in [0.25, 0.3) is 0 Å². The lowest BCUT2D eigenvalue weighted by molar-refractivity contribution is 0.0472. The molecule has 0 atom stereocenters. The van der Waals surface area contributed by atoms with Crippen LogP contribution in [0.2, 0.25) is 0 Å². The van der Waals surface area contributed by atoms with Crippen molar-refractivity contribution in [1.82, 2.24) is 5.16 Å². The molecule has 2 aromatic rings. The molecule has 0 spiro atoms. The average Bonchev–Trinajstić information content (AvgIpc) is 2.83. The zero-order valence-corrected chi connectivity index (χ0v) is 13.9. The molecule has 0 radical (unpaired) electrons. The molecule has 0 aliphatic heterocycles. The number of benzene rings is 1. The molecule has 116 valence electrons. The van der Waals surface area contributed by atoms with E-state index in [0.29, 0.717) is 27.2 Å². The second-order valence-corrected chi connectivity index (χ2v) is 5.40. The summed E-state index contributed by atoms with van der Waals surface area (Å²) in [6.45, 7) is 2.89. The van der Waals surface area contributed by atoms with E-state index in [9.17, 15) is 9.59 Å². The van der Waals surface area contributed by atoms with Crippen LogP contribution in [0.5, 0.6) is 5.75 Å². The van der Waals surface area contributed by atoms with Crippen molar-refractivity contribution in [3.8, 4) is 5.75 Å². The van der Waals surface area contributed by atoms with Crippen molar-refractivity contribution in [3.63, 3.8) is 0 Å². The fraction of sp³-hybridized carbons (Fsp3) is 0.267. The summed E-state index contributed by atoms with van der Waals surface area (Å²) in [5, 5.41) is 3.67. The van der Waals surface area contributed by atoms with Crippen molar-refractivity contribution < 1.29 is 23.6 Å². The highest BCUT2D eigenvalue weighted by Gasteiger charge is 2.20. The Balaban J connectivity index is 2.04. The number of rotatable bonds is 5. The predicted octanol–water partition coefficient (Wildman–Crippen LogP) is 3.10. The van der Waals surface area contributed by atoms with E-state index in [0.717, 1.165) is 0 Å². The van der Waals surface area contributed by atoms with Crippen molar-refractivity contribution in [2.24, 2.45) is 0 Å². The van der Waals surface area contributed by atoms with E-state index in [1.54, 1.807) is 32.0 Å². The monoisotopic (exact) mass is 367 g/mol. The van der Waals surface area contributed by atoms with Gasteiger partial charge in [-0.15, -0.1) is 0 Å². The fourth-order valence-corrected chi connectivity index (χ4v) is 2.44. The number of ether oxygens (including phenoxy) is 2. The zero-order valence-electron chi connectivity index (χ0n) is 12.3. The standard InChI is InChI=1S/C15H14BrNO5/c1-8-14(9(2)22-17-8)15(19)21-7-12(18)10-4-5-13(20-3)11(16)6-10/h4-6H,7H2,1-3H3. The molecule has 0 aliphatic rings. The number of nitrogens with zero attached hydrogens (tertiary/aromatic N) is 1. The van der Waals surface area contributed by atoms with Crippen LogP contribution in [-0.4, -0.2) is 30.6 Å². The fourth-order valence-electron chi connectivity index (χ4n) is 1.90. The average molecular weight is 368 g/mol. The lowest BCUT2D eigenvalue weighted by Gasteiger charge is -2.06. The van der Waals surface area contributed by atoms with Crippen molar-refractivity contribution in [1.29, 1.82) is 0 Å². The van der Waals surface area contributed by atoms with Gasteiger partial charge in [0.25, 0.3) is 0 Å². The van der Waals surface area contributed by atoms with E-state index < -0.39 is 5.97 Å². The largest absolute Gasteiger partial charge is 0.496 e. The van der Waals surface area contributed by atoms with E-state index in [1.807, 2.05) is 0 Å². The first-order chi connectivity index (χ1) is 10.4. The summed E-state index contributed by atoms with van der Waals surface area (Å²) in [5.41, 5.74) is 1.10. The van der Waals surface area contributed by atoms with Crippen molar-refractivity contribution >= 4 is 27.7 Å². The van der Waals surface area contributed by atoms with Crippen molar-refractivity contribution in [2.45, 2.75) is 13.8 Å². The molecular weight excluding hydrogens is 354 g/mol. The van der Waals surface area contributed by atoms with Crippen molar-refractivity contribution in [2.75, 3.05) is 13.7 Å². The quantitative estimate of drug-likeness (QED) is 0.596. The number of carbonyl (C=O) groups excluding carboxylic acids is 2. The smallest absolute Gasteiger partial charge is 0.344 e. The number of halogens is 1. The molecule has 1 aromatic heterocycles. The van der Waals surface area contributed by atoms with Crippen molar-refractivity contribution in [3.05, 3.63) is 45.3 Å². The maximum Gasteiger partial charge on any atom is 0.344 e. The van der Waals surface area contributed by atoms with Gasteiger partial charge in [-0.25, -0.2) is 4.79 Å². The van der Waals surface area contributed by atoms with Crippen LogP contribution in [0.15, 0.2) is 27.2 Å². The zero-order chi connectivity index (χ0) is 16.3. The second kappa shape index (κ2) is 6.74. The van der Waals surface area contributed by atoms with Gasteiger partial charge in [0, 0.05) is 5.56 Å². The van der Waals surface area contributed by atoms with E-state index >= 15 is 0 Å². The molecule has 6 nitrogen and oxygen atoms in total. The first kappa shape index (κ1) is 16.2. The van der Waals surface area contributed by atoms with E-state index in [-0.39, 0.29) is 18.0 Å². The molecule has 22 heavy (non-hydrogen) atoms. The lowest BCUT2D eigenvalue weighted by Crippen LogP contribution is -2.15. The number of carbonyl (C=O) groups is 2. The highest BCUT2D eigenvalue weighted by Crippen LogP contribution is 2.25. The third kappa shape index (κ3) is 3.36. The molecular formula is C15H14BrNO5. The van der Waals surface area contributed by atoms with Gasteiger partial charge in [-0.05, 0) is 48.0 Å². The normalized spacial score (nSPS) is 10.4. The second-order valence-electron chi connectivity index (χ2n) is 4.55. The molecule has 0 saturated heterocycles. The number of methoxy groups -OCH3 is 1. The molecule has 0 N–H and O–H groups in total. The number of ketones is 1. The van der Waals surface area contributed by atoms with Gasteiger partial charge in [0.1, 0.15) is 17.1 Å². The minimum absolute atomic E-state index is 0.253. The molecule has 0 fully saturated rings. The van der Waals surface area contributed by atoms with Gasteiger partial charge in [0.2, 0.25) is 0 Å². The topological polar surface area (TPSA) is 78.6 Å². The minimum atomic E-state index is -0.628. The van der Waals surface area contributed by atoms with E-state index in [1.165, 1.54) is 7.11 Å². The number of aryl methyl sites for hydroxylation is 2. The SMILES string of the molecule is COc1ccc(C(=O)COC(=O)c2c(C)noc2C)cc1Br. The Morgan fingerprint density at radius 2 is 2.05 bits per heavy atom. The van der Waals surface area contributed by atoms with Crippen LogP contribution in [0.1, 0.15) is 32.2 Å². The maximum atomic E-state index is 12.1. The first-order valence-electron chi connectivity index (χ1n) is 6.40. The molecule has 0 aliphatic carbocycles. The Labute approximate surface area is 135 Å². The Morgan fingerprint density at radius 1 is 1.32 bits per heavy atom. The summed E-state index contributed by atoms with van der Waals surface area (Å²) in [6.07, 6.45) is 0. The number of aromatic nitrogens is 1. The van der Waals surface area contributed by atoms with Crippen LogP contribution in [0, 0.1) is 13.8 Å². The summed E-state index contributed by atoms with van der Waals surface area (Å²) in [4.78, 5) is 24.0. The number of hydrogen-bond donors (Lipinski definition) is 0. The molecule has 2 rings (SSSR count). The maximum absolute atomic E-state index is 12.1.